The van der Waals surface area contributed by atoms with Crippen LogP contribution in [0.4, 0.5) is 0 Å². The summed E-state index contributed by atoms with van der Waals surface area (Å²) in [5, 5.41) is 15.0. The minimum atomic E-state index is -0.356. The summed E-state index contributed by atoms with van der Waals surface area (Å²) < 4.78 is 9.47. The summed E-state index contributed by atoms with van der Waals surface area (Å²) in [6.07, 6.45) is 1.90. The van der Waals surface area contributed by atoms with Crippen LogP contribution in [0.2, 0.25) is 0 Å². The van der Waals surface area contributed by atoms with Crippen LogP contribution in [0.5, 0.6) is 5.75 Å². The predicted octanol–water partition coefficient (Wildman–Crippen LogP) is 18.3. The molecule has 1 N–H and O–H groups in total. The fourth-order valence-corrected chi connectivity index (χ4v) is 10.2. The number of aromatic hydroxyl groups is 1. The van der Waals surface area contributed by atoms with Crippen molar-refractivity contribution in [3.63, 3.8) is 0 Å². The summed E-state index contributed by atoms with van der Waals surface area (Å²) >= 11 is 0. The molecule has 0 amide bonds. The van der Waals surface area contributed by atoms with Gasteiger partial charge in [0.05, 0.1) is 22.3 Å². The van der Waals surface area contributed by atoms with Gasteiger partial charge in [0, 0.05) is 54.9 Å². The van der Waals surface area contributed by atoms with E-state index < -0.39 is 0 Å². The maximum absolute atomic E-state index is 12.8. The molecule has 72 heavy (non-hydrogen) atoms. The van der Waals surface area contributed by atoms with Gasteiger partial charge in [0.1, 0.15) is 22.7 Å². The van der Waals surface area contributed by atoms with E-state index in [1.54, 1.807) is 0 Å². The fraction of sp³-hybridized carbons (Fsp3) is 0.273. The number of para-hydroxylation sites is 1. The minimum absolute atomic E-state index is 0. The van der Waals surface area contributed by atoms with Crippen LogP contribution in [-0.4, -0.2) is 19.6 Å². The monoisotopic (exact) mass is 1130 g/mol. The van der Waals surface area contributed by atoms with Gasteiger partial charge in [0.25, 0.3) is 0 Å². The summed E-state index contributed by atoms with van der Waals surface area (Å²) in [7, 11) is 0. The zero-order valence-electron chi connectivity index (χ0n) is 44.0. The number of phenols is 1. The second kappa shape index (κ2) is 18.8. The molecule has 3 aromatic heterocycles. The predicted molar refractivity (Wildman–Crippen MR) is 298 cm³/mol. The first-order valence-corrected chi connectivity index (χ1v) is 25.3. The molecule has 0 saturated carbocycles. The van der Waals surface area contributed by atoms with Gasteiger partial charge in [-0.15, -0.1) is 29.3 Å². The number of furan rings is 1. The first-order valence-electron chi connectivity index (χ1n) is 25.3. The number of fused-ring (bicyclic) bond motifs is 4. The van der Waals surface area contributed by atoms with Crippen molar-refractivity contribution >= 4 is 33.0 Å². The third-order valence-corrected chi connectivity index (χ3v) is 14.2. The number of pyridine rings is 1. The molecule has 0 fully saturated rings. The third-order valence-electron chi connectivity index (χ3n) is 14.2. The number of imidazole rings is 1. The molecular weight excluding hydrogens is 1060 g/mol. The number of nitrogens with zero attached hydrogens (tertiary/aromatic N) is 3. The van der Waals surface area contributed by atoms with Crippen molar-refractivity contribution < 1.29 is 30.6 Å². The molecule has 0 bridgehead atoms. The van der Waals surface area contributed by atoms with E-state index in [4.69, 9.17) is 14.4 Å². The van der Waals surface area contributed by atoms with Gasteiger partial charge in [-0.25, -0.2) is 4.98 Å². The molecule has 7 aromatic carbocycles. The van der Waals surface area contributed by atoms with Crippen LogP contribution in [0.15, 0.2) is 150 Å². The average Bonchev–Trinajstić information content (AvgIpc) is 3.91. The molecule has 368 valence electrons. The Balaban J connectivity index is 0.00000640. The Hall–Kier alpha value is -6.55. The molecule has 0 aliphatic rings. The van der Waals surface area contributed by atoms with Crippen LogP contribution >= 0.6 is 0 Å². The molecule has 0 radical (unpaired) electrons. The van der Waals surface area contributed by atoms with Crippen molar-refractivity contribution in [3.8, 4) is 67.5 Å². The van der Waals surface area contributed by atoms with Gasteiger partial charge < -0.3 is 9.52 Å². The molecule has 3 heterocycles. The smallest absolute Gasteiger partial charge is 0.148 e. The van der Waals surface area contributed by atoms with E-state index in [1.807, 2.05) is 12.3 Å². The summed E-state index contributed by atoms with van der Waals surface area (Å²) in [5.74, 6) is 1.09. The summed E-state index contributed by atoms with van der Waals surface area (Å²) in [6.45, 7) is 29.1. The van der Waals surface area contributed by atoms with E-state index in [-0.39, 0.29) is 54.9 Å². The van der Waals surface area contributed by atoms with Gasteiger partial charge in [-0.1, -0.05) is 192 Å². The van der Waals surface area contributed by atoms with Crippen LogP contribution in [0.3, 0.4) is 0 Å². The van der Waals surface area contributed by atoms with E-state index in [0.717, 1.165) is 100.0 Å². The SMILES string of the molecule is CC(C)c1cc2c(oc3cc(-c4ccccc4)ccc32)c(C(C)C)c1-n1c(-c2cc(C(C)(C)C)cc(C(C)(C)C)c2O)nc2c(-c3[c-]c(-c4cc(-c5ccccc5)ccn4)cc(C(C)(C)C)c3)cccc21.[Pt]. The van der Waals surface area contributed by atoms with Crippen molar-refractivity contribution in [3.05, 3.63) is 180 Å². The van der Waals surface area contributed by atoms with E-state index in [2.05, 4.69) is 234 Å². The molecule has 6 heteroatoms. The van der Waals surface area contributed by atoms with Crippen LogP contribution in [0, 0.1) is 6.07 Å². The Labute approximate surface area is 440 Å². The maximum Gasteiger partial charge on any atom is 0.148 e. The second-order valence-electron chi connectivity index (χ2n) is 23.2. The Bertz CT molecular complexity index is 3650. The number of hydrogen-bond donors (Lipinski definition) is 1. The van der Waals surface area contributed by atoms with Crippen LogP contribution in [0.1, 0.15) is 130 Å². The zero-order valence-corrected chi connectivity index (χ0v) is 46.3. The first kappa shape index (κ1) is 50.4. The van der Waals surface area contributed by atoms with Crippen LogP contribution in [-0.2, 0) is 37.3 Å². The largest absolute Gasteiger partial charge is 0.507 e. The second-order valence-corrected chi connectivity index (χ2v) is 23.2. The zero-order chi connectivity index (χ0) is 50.3. The number of hydrogen-bond acceptors (Lipinski definition) is 4. The third kappa shape index (κ3) is 9.15. The van der Waals surface area contributed by atoms with Crippen LogP contribution in [0.25, 0.3) is 94.7 Å². The van der Waals surface area contributed by atoms with Crippen molar-refractivity contribution in [2.75, 3.05) is 0 Å². The van der Waals surface area contributed by atoms with Crippen molar-refractivity contribution in [2.24, 2.45) is 0 Å². The standard InChI is InChI=1S/C66H66N3O2.Pt/c1-39(2)51-38-52-50-28-27-43(41-21-16-14-17-22-41)35-57(50)71-62(52)58(40(3)4)60(51)69-56-26-20-25-49(59(56)68-63(69)53-36-48(65(8,9)10)37-54(61(53)70)66(11,12)13)45-31-46(33-47(32-45)64(5,6)7)55-34-44(29-30-67-55)42-23-18-15-19-24-42;/h14-30,32-40,70H,1-13H3;/q-1;. The first-order chi connectivity index (χ1) is 33.7. The average molecular weight is 1130 g/mol. The topological polar surface area (TPSA) is 64.1 Å². The van der Waals surface area contributed by atoms with Crippen LogP contribution < -0.4 is 0 Å². The minimum Gasteiger partial charge on any atom is -0.507 e. The fourth-order valence-electron chi connectivity index (χ4n) is 10.2. The Morgan fingerprint density at radius 2 is 1.19 bits per heavy atom. The molecule has 0 atom stereocenters. The van der Waals surface area contributed by atoms with E-state index in [1.165, 1.54) is 11.1 Å². The van der Waals surface area contributed by atoms with Gasteiger partial charge in [-0.2, -0.15) is 0 Å². The number of phenolic OH excluding ortho intramolecular Hbond substituents is 1. The van der Waals surface area contributed by atoms with E-state index in [0.29, 0.717) is 11.4 Å². The maximum atomic E-state index is 12.8. The molecule has 0 aliphatic carbocycles. The van der Waals surface area contributed by atoms with Gasteiger partial charge in [-0.3, -0.25) is 9.55 Å². The van der Waals surface area contributed by atoms with Gasteiger partial charge in [-0.05, 0) is 97.9 Å². The number of rotatable bonds is 8. The van der Waals surface area contributed by atoms with Crippen molar-refractivity contribution in [1.82, 2.24) is 14.5 Å². The molecule has 0 spiro atoms. The summed E-state index contributed by atoms with van der Waals surface area (Å²) in [5.41, 5.74) is 18.1. The normalized spacial score (nSPS) is 12.4. The Morgan fingerprint density at radius 3 is 1.81 bits per heavy atom. The molecule has 5 nitrogen and oxygen atoms in total. The summed E-state index contributed by atoms with van der Waals surface area (Å²) in [4.78, 5) is 10.7. The Morgan fingerprint density at radius 1 is 0.569 bits per heavy atom. The van der Waals surface area contributed by atoms with Crippen molar-refractivity contribution in [2.45, 2.75) is 118 Å². The molecule has 0 saturated heterocycles. The Kier molecular flexibility index (Phi) is 13.2. The van der Waals surface area contributed by atoms with E-state index in [9.17, 15) is 5.11 Å². The quantitative estimate of drug-likeness (QED) is 0.154. The molecular formula is C66H66N3O2Pt-. The van der Waals surface area contributed by atoms with Gasteiger partial charge >= 0.3 is 0 Å². The molecule has 10 aromatic rings. The number of aromatic nitrogens is 3. The van der Waals surface area contributed by atoms with Crippen molar-refractivity contribution in [1.29, 1.82) is 0 Å². The molecule has 0 aliphatic heterocycles. The van der Waals surface area contributed by atoms with Gasteiger partial charge in [0.2, 0.25) is 0 Å². The number of benzene rings is 7. The molecule has 0 unspecified atom stereocenters. The van der Waals surface area contributed by atoms with Gasteiger partial charge in [0.15, 0.2) is 0 Å². The van der Waals surface area contributed by atoms with E-state index >= 15 is 0 Å². The summed E-state index contributed by atoms with van der Waals surface area (Å²) in [6, 6.07) is 53.4. The molecule has 10 rings (SSSR count).